The third kappa shape index (κ3) is 4.86. The number of rotatable bonds is 5. The van der Waals surface area contributed by atoms with Crippen LogP contribution in [0.25, 0.3) is 0 Å². The molecule has 1 unspecified atom stereocenters. The summed E-state index contributed by atoms with van der Waals surface area (Å²) in [7, 11) is 0. The smallest absolute Gasteiger partial charge is 0.254 e. The largest absolute Gasteiger partial charge is 0.378 e. The van der Waals surface area contributed by atoms with Crippen LogP contribution in [0, 0.1) is 23.4 Å². The summed E-state index contributed by atoms with van der Waals surface area (Å²) in [6.45, 7) is 2.08. The van der Waals surface area contributed by atoms with Crippen LogP contribution in [0.15, 0.2) is 36.4 Å². The van der Waals surface area contributed by atoms with Crippen molar-refractivity contribution in [1.29, 1.82) is 0 Å². The number of nitrogens with two attached hydrogens (primary N) is 1. The summed E-state index contributed by atoms with van der Waals surface area (Å²) in [6.07, 6.45) is 3.14. The van der Waals surface area contributed by atoms with E-state index in [1.165, 1.54) is 0 Å². The van der Waals surface area contributed by atoms with Gasteiger partial charge < -0.3 is 20.3 Å². The molecule has 0 saturated carbocycles. The second kappa shape index (κ2) is 10.2. The molecule has 0 radical (unpaired) electrons. The summed E-state index contributed by atoms with van der Waals surface area (Å²) in [5.41, 5.74) is 7.44. The molecule has 0 aromatic heterocycles. The van der Waals surface area contributed by atoms with Gasteiger partial charge in [0.05, 0.1) is 13.2 Å². The van der Waals surface area contributed by atoms with E-state index in [0.29, 0.717) is 56.3 Å². The zero-order chi connectivity index (χ0) is 25.4. The minimum atomic E-state index is -1.22. The number of morpholine rings is 1. The number of nitrogens with zero attached hydrogens (tertiary/aromatic N) is 2. The third-order valence-electron chi connectivity index (χ3n) is 7.81. The van der Waals surface area contributed by atoms with Crippen LogP contribution in [0.5, 0.6) is 0 Å². The first-order valence-corrected chi connectivity index (χ1v) is 12.5. The molecule has 4 atom stereocenters. The summed E-state index contributed by atoms with van der Waals surface area (Å²) in [6, 6.07) is 7.88. The zero-order valence-corrected chi connectivity index (χ0v) is 20.0. The maximum atomic E-state index is 14.1. The standard InChI is InChI=1S/C27H30F3N3O3/c28-22-15-24(30)23(29)13-18(22)14-25(31)19-11-20-4-5-21(12-19)33(20)27(35)17-3-1-2-16(10-17)26(34)32-6-8-36-9-7-32/h1-3,10,13,15,19-21,25H,4-9,11-12,14,31H2/t19?,20-,21+,25-/m1/s1. The monoisotopic (exact) mass is 501 g/mol. The molecule has 0 aliphatic carbocycles. The Kier molecular flexibility index (Phi) is 7.03. The van der Waals surface area contributed by atoms with E-state index < -0.39 is 23.5 Å². The van der Waals surface area contributed by atoms with Crippen LogP contribution >= 0.6 is 0 Å². The van der Waals surface area contributed by atoms with Crippen molar-refractivity contribution in [2.45, 2.75) is 50.2 Å². The van der Waals surface area contributed by atoms with E-state index in [-0.39, 0.29) is 41.8 Å². The fourth-order valence-corrected chi connectivity index (χ4v) is 5.92. The van der Waals surface area contributed by atoms with E-state index >= 15 is 0 Å². The van der Waals surface area contributed by atoms with Crippen LogP contribution in [-0.4, -0.2) is 66.0 Å². The van der Waals surface area contributed by atoms with E-state index in [2.05, 4.69) is 0 Å². The number of fused-ring (bicyclic) bond motifs is 2. The highest BCUT2D eigenvalue weighted by Gasteiger charge is 2.44. The lowest BCUT2D eigenvalue weighted by molar-refractivity contribution is 0.0303. The highest BCUT2D eigenvalue weighted by atomic mass is 19.2. The van der Waals surface area contributed by atoms with Crippen LogP contribution in [0.4, 0.5) is 13.2 Å². The number of hydrogen-bond acceptors (Lipinski definition) is 4. The lowest BCUT2D eigenvalue weighted by Gasteiger charge is -2.41. The molecule has 9 heteroatoms. The van der Waals surface area contributed by atoms with E-state index in [0.717, 1.165) is 18.9 Å². The van der Waals surface area contributed by atoms with Gasteiger partial charge in [-0.2, -0.15) is 0 Å². The van der Waals surface area contributed by atoms with Crippen molar-refractivity contribution < 1.29 is 27.5 Å². The van der Waals surface area contributed by atoms with Crippen molar-refractivity contribution in [1.82, 2.24) is 9.80 Å². The molecule has 36 heavy (non-hydrogen) atoms. The van der Waals surface area contributed by atoms with Crippen LogP contribution < -0.4 is 5.73 Å². The molecule has 2 bridgehead atoms. The lowest BCUT2D eigenvalue weighted by Crippen LogP contribution is -2.50. The number of halogens is 3. The predicted molar refractivity (Wildman–Crippen MR) is 127 cm³/mol. The molecule has 2 N–H and O–H groups in total. The second-order valence-electron chi connectivity index (χ2n) is 10.0. The number of amides is 2. The molecular formula is C27H30F3N3O3. The molecule has 2 amide bonds. The quantitative estimate of drug-likeness (QED) is 0.636. The molecule has 3 aliphatic rings. The van der Waals surface area contributed by atoms with Gasteiger partial charge in [-0.1, -0.05) is 6.07 Å². The van der Waals surface area contributed by atoms with Crippen molar-refractivity contribution in [3.8, 4) is 0 Å². The molecule has 3 aliphatic heterocycles. The van der Waals surface area contributed by atoms with Crippen LogP contribution in [0.1, 0.15) is 52.0 Å². The van der Waals surface area contributed by atoms with Crippen LogP contribution in [0.2, 0.25) is 0 Å². The van der Waals surface area contributed by atoms with Crippen LogP contribution in [-0.2, 0) is 11.2 Å². The number of hydrogen-bond donors (Lipinski definition) is 1. The molecule has 3 heterocycles. The summed E-state index contributed by atoms with van der Waals surface area (Å²) in [5, 5.41) is 0. The first-order chi connectivity index (χ1) is 17.3. The number of carbonyl (C=O) groups excluding carboxylic acids is 2. The second-order valence-corrected chi connectivity index (χ2v) is 10.0. The van der Waals surface area contributed by atoms with Gasteiger partial charge in [0, 0.05) is 48.4 Å². The number of benzene rings is 2. The van der Waals surface area contributed by atoms with Gasteiger partial charge in [0.2, 0.25) is 0 Å². The van der Waals surface area contributed by atoms with Crippen molar-refractivity contribution in [3.63, 3.8) is 0 Å². The number of carbonyl (C=O) groups is 2. The third-order valence-corrected chi connectivity index (χ3v) is 7.81. The maximum absolute atomic E-state index is 14.1. The van der Waals surface area contributed by atoms with Gasteiger partial charge in [0.15, 0.2) is 11.6 Å². The van der Waals surface area contributed by atoms with E-state index in [1.807, 2.05) is 4.90 Å². The fraction of sp³-hybridized carbons (Fsp3) is 0.481. The Labute approximate surface area is 208 Å². The van der Waals surface area contributed by atoms with Gasteiger partial charge in [-0.3, -0.25) is 9.59 Å². The normalized spacial score (nSPS) is 24.6. The molecule has 3 fully saturated rings. The Bertz CT molecular complexity index is 1140. The van der Waals surface area contributed by atoms with Crippen molar-refractivity contribution in [2.24, 2.45) is 11.7 Å². The topological polar surface area (TPSA) is 75.9 Å². The average Bonchev–Trinajstić information content (AvgIpc) is 3.15. The van der Waals surface area contributed by atoms with Gasteiger partial charge in [0.1, 0.15) is 5.82 Å². The summed E-state index contributed by atoms with van der Waals surface area (Å²) >= 11 is 0. The van der Waals surface area contributed by atoms with E-state index in [4.69, 9.17) is 10.5 Å². The molecule has 2 aromatic carbocycles. The Morgan fingerprint density at radius 3 is 2.19 bits per heavy atom. The van der Waals surface area contributed by atoms with Crippen LogP contribution in [0.3, 0.4) is 0 Å². The summed E-state index contributed by atoms with van der Waals surface area (Å²) in [5.74, 6) is -3.28. The van der Waals surface area contributed by atoms with Crippen molar-refractivity contribution >= 4 is 11.8 Å². The minimum absolute atomic E-state index is 0.000650. The lowest BCUT2D eigenvalue weighted by atomic mass is 9.82. The molecule has 5 rings (SSSR count). The van der Waals surface area contributed by atoms with Gasteiger partial charge in [-0.15, -0.1) is 0 Å². The fourth-order valence-electron chi connectivity index (χ4n) is 5.92. The van der Waals surface area contributed by atoms with Crippen molar-refractivity contribution in [3.05, 3.63) is 70.5 Å². The van der Waals surface area contributed by atoms with E-state index in [9.17, 15) is 22.8 Å². The van der Waals surface area contributed by atoms with Crippen molar-refractivity contribution in [2.75, 3.05) is 26.3 Å². The highest BCUT2D eigenvalue weighted by molar-refractivity contribution is 6.00. The first kappa shape index (κ1) is 24.8. The molecule has 192 valence electrons. The molecular weight excluding hydrogens is 471 g/mol. The Balaban J connectivity index is 1.26. The number of ether oxygens (including phenoxy) is 1. The molecule has 2 aromatic rings. The average molecular weight is 502 g/mol. The van der Waals surface area contributed by atoms with Gasteiger partial charge in [-0.05, 0) is 67.9 Å². The highest BCUT2D eigenvalue weighted by Crippen LogP contribution is 2.41. The van der Waals surface area contributed by atoms with Gasteiger partial charge in [0.25, 0.3) is 11.8 Å². The number of piperidine rings is 1. The summed E-state index contributed by atoms with van der Waals surface area (Å²) in [4.78, 5) is 30.1. The van der Waals surface area contributed by atoms with Gasteiger partial charge >= 0.3 is 0 Å². The molecule has 0 spiro atoms. The molecule has 3 saturated heterocycles. The minimum Gasteiger partial charge on any atom is -0.378 e. The molecule has 6 nitrogen and oxygen atoms in total. The Morgan fingerprint density at radius 2 is 1.53 bits per heavy atom. The summed E-state index contributed by atoms with van der Waals surface area (Å²) < 4.78 is 46.3. The maximum Gasteiger partial charge on any atom is 0.254 e. The Hall–Kier alpha value is -2.91. The zero-order valence-electron chi connectivity index (χ0n) is 20.0. The van der Waals surface area contributed by atoms with E-state index in [1.54, 1.807) is 29.2 Å². The van der Waals surface area contributed by atoms with Gasteiger partial charge in [-0.25, -0.2) is 13.2 Å². The Morgan fingerprint density at radius 1 is 0.917 bits per heavy atom. The first-order valence-electron chi connectivity index (χ1n) is 12.5. The SMILES string of the molecule is N[C@H](Cc1cc(F)c(F)cc1F)C1C[C@H]2CC[C@@H](C1)N2C(=O)c1cccc(C(=O)N2CCOCC2)c1. The predicted octanol–water partition coefficient (Wildman–Crippen LogP) is 3.53.